The Kier molecular flexibility index (Phi) is 4.03. The quantitative estimate of drug-likeness (QED) is 0.678. The van der Waals surface area contributed by atoms with Crippen LogP contribution in [0.4, 0.5) is 5.69 Å². The van der Waals surface area contributed by atoms with Crippen LogP contribution in [0.2, 0.25) is 5.02 Å². The van der Waals surface area contributed by atoms with E-state index in [0.29, 0.717) is 16.3 Å². The molecule has 1 saturated heterocycles. The standard InChI is InChI=1S/C24H24ClN3O2/c25-18-5-4-6-19-21(18)22(30)26-23-24(9-2-1-3-10-24)17-8-7-16(11-20(17)28(19)23)27-12-15(13-27)14-29/h4-8,11,15,29H,1-3,9-10,12-14H2. The minimum atomic E-state index is -0.228. The van der Waals surface area contributed by atoms with E-state index in [9.17, 15) is 9.90 Å². The highest BCUT2D eigenvalue weighted by molar-refractivity contribution is 6.35. The summed E-state index contributed by atoms with van der Waals surface area (Å²) in [5, 5.41) is 10.3. The summed E-state index contributed by atoms with van der Waals surface area (Å²) in [5.41, 5.74) is 3.99. The lowest BCUT2D eigenvalue weighted by molar-refractivity contribution is 0.201. The van der Waals surface area contributed by atoms with E-state index in [-0.39, 0.29) is 17.6 Å². The van der Waals surface area contributed by atoms with Gasteiger partial charge in [-0.25, -0.2) is 0 Å². The van der Waals surface area contributed by atoms with Crippen LogP contribution in [0, 0.1) is 5.92 Å². The minimum Gasteiger partial charge on any atom is -0.396 e. The number of hydrogen-bond acceptors (Lipinski definition) is 4. The highest BCUT2D eigenvalue weighted by Crippen LogP contribution is 2.52. The lowest BCUT2D eigenvalue weighted by atomic mass is 9.70. The van der Waals surface area contributed by atoms with E-state index in [1.165, 1.54) is 12.0 Å². The molecule has 6 heteroatoms. The van der Waals surface area contributed by atoms with Crippen LogP contribution in [0.1, 0.15) is 43.5 Å². The van der Waals surface area contributed by atoms with Crippen molar-refractivity contribution in [3.63, 3.8) is 0 Å². The maximum atomic E-state index is 13.0. The molecule has 3 aromatic rings. The van der Waals surface area contributed by atoms with Gasteiger partial charge in [-0.2, -0.15) is 4.98 Å². The van der Waals surface area contributed by atoms with Gasteiger partial charge < -0.3 is 10.0 Å². The van der Waals surface area contributed by atoms with Crippen molar-refractivity contribution >= 4 is 28.2 Å². The van der Waals surface area contributed by atoms with Crippen LogP contribution in [0.25, 0.3) is 16.6 Å². The molecule has 3 heterocycles. The van der Waals surface area contributed by atoms with Gasteiger partial charge in [0.1, 0.15) is 5.82 Å². The average molecular weight is 422 g/mol. The molecule has 3 aliphatic rings. The first-order valence-electron chi connectivity index (χ1n) is 10.8. The Morgan fingerprint density at radius 1 is 1.13 bits per heavy atom. The number of rotatable bonds is 2. The van der Waals surface area contributed by atoms with Gasteiger partial charge >= 0.3 is 0 Å². The molecule has 2 aromatic carbocycles. The Labute approximate surface area is 179 Å². The highest BCUT2D eigenvalue weighted by atomic mass is 35.5. The number of benzene rings is 2. The fourth-order valence-electron chi connectivity index (χ4n) is 5.76. The van der Waals surface area contributed by atoms with Crippen molar-refractivity contribution in [3.8, 4) is 5.69 Å². The van der Waals surface area contributed by atoms with Gasteiger partial charge in [0.15, 0.2) is 0 Å². The molecule has 30 heavy (non-hydrogen) atoms. The summed E-state index contributed by atoms with van der Waals surface area (Å²) in [4.78, 5) is 19.9. The Hall–Kier alpha value is -2.37. The van der Waals surface area contributed by atoms with E-state index in [0.717, 1.165) is 61.5 Å². The molecule has 0 bridgehead atoms. The van der Waals surface area contributed by atoms with Crippen LogP contribution in [-0.2, 0) is 5.41 Å². The highest BCUT2D eigenvalue weighted by Gasteiger charge is 2.46. The van der Waals surface area contributed by atoms with Gasteiger partial charge in [0.2, 0.25) is 0 Å². The van der Waals surface area contributed by atoms with Crippen molar-refractivity contribution in [1.82, 2.24) is 9.55 Å². The van der Waals surface area contributed by atoms with Crippen LogP contribution >= 0.6 is 11.6 Å². The fourth-order valence-corrected chi connectivity index (χ4v) is 6.01. The monoisotopic (exact) mass is 421 g/mol. The molecule has 1 saturated carbocycles. The van der Waals surface area contributed by atoms with Crippen LogP contribution < -0.4 is 10.5 Å². The molecule has 154 valence electrons. The van der Waals surface area contributed by atoms with Crippen LogP contribution in [0.5, 0.6) is 0 Å². The molecule has 2 aliphatic heterocycles. The summed E-state index contributed by atoms with van der Waals surface area (Å²) in [5.74, 6) is 1.23. The van der Waals surface area contributed by atoms with Gasteiger partial charge in [-0.1, -0.05) is 43.0 Å². The van der Waals surface area contributed by atoms with Crippen molar-refractivity contribution in [2.75, 3.05) is 24.6 Å². The van der Waals surface area contributed by atoms with E-state index in [1.54, 1.807) is 6.07 Å². The summed E-state index contributed by atoms with van der Waals surface area (Å²) in [7, 11) is 0. The number of aliphatic hydroxyl groups excluding tert-OH is 1. The maximum absolute atomic E-state index is 13.0. The Morgan fingerprint density at radius 2 is 1.93 bits per heavy atom. The summed E-state index contributed by atoms with van der Waals surface area (Å²) >= 11 is 6.43. The first-order valence-corrected chi connectivity index (χ1v) is 11.2. The largest absolute Gasteiger partial charge is 0.396 e. The Balaban J connectivity index is 1.62. The molecule has 1 spiro atoms. The van der Waals surface area contributed by atoms with Gasteiger partial charge in [-0.15, -0.1) is 0 Å². The Morgan fingerprint density at radius 3 is 2.70 bits per heavy atom. The number of aromatic nitrogens is 2. The molecule has 0 unspecified atom stereocenters. The predicted octanol–water partition coefficient (Wildman–Crippen LogP) is 4.03. The van der Waals surface area contributed by atoms with E-state index >= 15 is 0 Å². The first-order chi connectivity index (χ1) is 14.6. The van der Waals surface area contributed by atoms with Crippen molar-refractivity contribution in [1.29, 1.82) is 0 Å². The zero-order valence-electron chi connectivity index (χ0n) is 16.8. The number of aliphatic hydroxyl groups is 1. The zero-order chi connectivity index (χ0) is 20.5. The second-order valence-corrected chi connectivity index (χ2v) is 9.41. The molecule has 2 fully saturated rings. The lowest BCUT2D eigenvalue weighted by Crippen LogP contribution is -2.48. The summed E-state index contributed by atoms with van der Waals surface area (Å²) in [6, 6.07) is 12.3. The molecule has 1 aromatic heterocycles. The zero-order valence-corrected chi connectivity index (χ0v) is 17.5. The minimum absolute atomic E-state index is 0.190. The first kappa shape index (κ1) is 18.4. The van der Waals surface area contributed by atoms with Crippen molar-refractivity contribution in [2.24, 2.45) is 5.92 Å². The molecular formula is C24H24ClN3O2. The van der Waals surface area contributed by atoms with Crippen molar-refractivity contribution in [3.05, 3.63) is 63.2 Å². The van der Waals surface area contributed by atoms with Gasteiger partial charge in [0, 0.05) is 31.3 Å². The predicted molar refractivity (Wildman–Crippen MR) is 119 cm³/mol. The van der Waals surface area contributed by atoms with Gasteiger partial charge in [-0.3, -0.25) is 9.36 Å². The summed E-state index contributed by atoms with van der Waals surface area (Å²) in [6.07, 6.45) is 5.57. The molecule has 6 rings (SSSR count). The van der Waals surface area contributed by atoms with Crippen LogP contribution in [-0.4, -0.2) is 34.4 Å². The van der Waals surface area contributed by atoms with Crippen LogP contribution in [0.3, 0.4) is 0 Å². The van der Waals surface area contributed by atoms with Crippen molar-refractivity contribution in [2.45, 2.75) is 37.5 Å². The number of anilines is 1. The normalized spacial score (nSPS) is 19.7. The third-order valence-electron chi connectivity index (χ3n) is 7.32. The van der Waals surface area contributed by atoms with Crippen molar-refractivity contribution < 1.29 is 5.11 Å². The Bertz CT molecular complexity index is 1220. The summed E-state index contributed by atoms with van der Waals surface area (Å²) < 4.78 is 2.19. The molecular weight excluding hydrogens is 398 g/mol. The van der Waals surface area contributed by atoms with Crippen LogP contribution in [0.15, 0.2) is 41.2 Å². The average Bonchev–Trinajstić information content (AvgIpc) is 2.97. The molecule has 0 radical (unpaired) electrons. The smallest absolute Gasteiger partial charge is 0.282 e. The van der Waals surface area contributed by atoms with E-state index in [4.69, 9.17) is 11.6 Å². The number of hydrogen-bond donors (Lipinski definition) is 1. The number of halogens is 1. The maximum Gasteiger partial charge on any atom is 0.282 e. The SMILES string of the molecule is O=c1nc2n(c3cccc(Cl)c13)-c1cc(N3CC(CO)C3)ccc1C21CCCCC1. The number of fused-ring (bicyclic) bond motifs is 7. The summed E-state index contributed by atoms with van der Waals surface area (Å²) in [6.45, 7) is 1.99. The molecule has 0 amide bonds. The second kappa shape index (κ2) is 6.56. The second-order valence-electron chi connectivity index (χ2n) is 9.01. The third-order valence-corrected chi connectivity index (χ3v) is 7.63. The molecule has 1 aliphatic carbocycles. The van der Waals surface area contributed by atoms with E-state index in [2.05, 4.69) is 32.7 Å². The van der Waals surface area contributed by atoms with Gasteiger partial charge in [0.25, 0.3) is 5.56 Å². The van der Waals surface area contributed by atoms with E-state index < -0.39 is 0 Å². The lowest BCUT2D eigenvalue weighted by Gasteiger charge is -2.40. The fraction of sp³-hybridized carbons (Fsp3) is 0.417. The number of nitrogens with zero attached hydrogens (tertiary/aromatic N) is 3. The molecule has 5 nitrogen and oxygen atoms in total. The van der Waals surface area contributed by atoms with E-state index in [1.807, 2.05) is 12.1 Å². The third kappa shape index (κ3) is 2.39. The van der Waals surface area contributed by atoms with Gasteiger partial charge in [0.05, 0.1) is 27.0 Å². The molecule has 0 atom stereocenters. The molecule has 1 N–H and O–H groups in total. The topological polar surface area (TPSA) is 58.4 Å². The van der Waals surface area contributed by atoms with Gasteiger partial charge in [-0.05, 0) is 42.7 Å².